The third kappa shape index (κ3) is 3.75. The second-order valence-electron chi connectivity index (χ2n) is 6.14. The summed E-state index contributed by atoms with van der Waals surface area (Å²) in [5.74, 6) is 0.0972. The molecule has 1 N–H and O–H groups in total. The van der Waals surface area contributed by atoms with Gasteiger partial charge in [0.1, 0.15) is 0 Å². The number of hydrogen-bond acceptors (Lipinski definition) is 3. The highest BCUT2D eigenvalue weighted by atomic mass is 32.1. The van der Waals surface area contributed by atoms with Gasteiger partial charge in [-0.25, -0.2) is 0 Å². The lowest BCUT2D eigenvalue weighted by Crippen LogP contribution is -2.44. The van der Waals surface area contributed by atoms with Gasteiger partial charge in [0, 0.05) is 21.5 Å². The summed E-state index contributed by atoms with van der Waals surface area (Å²) in [5, 5.41) is 3.06. The van der Waals surface area contributed by atoms with Gasteiger partial charge in [0.05, 0.1) is 13.1 Å². The molecular formula is C19H24N2OS. The zero-order valence-electron chi connectivity index (χ0n) is 13.8. The zero-order chi connectivity index (χ0) is 16.2. The van der Waals surface area contributed by atoms with Gasteiger partial charge in [-0.05, 0) is 49.9 Å². The van der Waals surface area contributed by atoms with Crippen molar-refractivity contribution in [1.29, 1.82) is 0 Å². The van der Waals surface area contributed by atoms with Gasteiger partial charge in [0.15, 0.2) is 0 Å². The average Bonchev–Trinajstić information content (AvgIpc) is 3.04. The Hall–Kier alpha value is -1.81. The van der Waals surface area contributed by atoms with Crippen molar-refractivity contribution in [3.05, 3.63) is 51.7 Å². The maximum atomic E-state index is 12.4. The van der Waals surface area contributed by atoms with Gasteiger partial charge >= 0.3 is 0 Å². The summed E-state index contributed by atoms with van der Waals surface area (Å²) in [6, 6.07) is 13.1. The van der Waals surface area contributed by atoms with Crippen molar-refractivity contribution in [2.24, 2.45) is 0 Å². The second kappa shape index (κ2) is 7.18. The van der Waals surface area contributed by atoms with Crippen molar-refractivity contribution >= 4 is 22.9 Å². The molecule has 1 aliphatic heterocycles. The van der Waals surface area contributed by atoms with Crippen LogP contribution in [0.5, 0.6) is 0 Å². The van der Waals surface area contributed by atoms with E-state index >= 15 is 0 Å². The first kappa shape index (κ1) is 16.1. The molecule has 0 saturated heterocycles. The first-order chi connectivity index (χ1) is 11.2. The Morgan fingerprint density at radius 1 is 1.26 bits per heavy atom. The lowest BCUT2D eigenvalue weighted by atomic mass is 9.97. The van der Waals surface area contributed by atoms with E-state index in [2.05, 4.69) is 60.5 Å². The molecule has 2 heterocycles. The first-order valence-electron chi connectivity index (χ1n) is 8.36. The van der Waals surface area contributed by atoms with Crippen LogP contribution in [0.1, 0.15) is 35.6 Å². The maximum absolute atomic E-state index is 12.4. The standard InChI is InChI=1S/C19H24N2OS/c1-3-16-10-11-17(23-16)12-20-19(22)13-21-14(2)8-9-15-6-4-5-7-18(15)21/h4-7,10-11,14H,3,8-9,12-13H2,1-2H3,(H,20,22). The summed E-state index contributed by atoms with van der Waals surface area (Å²) < 4.78 is 0. The predicted molar refractivity (Wildman–Crippen MR) is 97.1 cm³/mol. The van der Waals surface area contributed by atoms with Gasteiger partial charge in [0.2, 0.25) is 5.91 Å². The number of nitrogens with one attached hydrogen (secondary N) is 1. The van der Waals surface area contributed by atoms with Crippen molar-refractivity contribution in [1.82, 2.24) is 5.32 Å². The minimum Gasteiger partial charge on any atom is -0.359 e. The first-order valence-corrected chi connectivity index (χ1v) is 9.18. The molecule has 1 unspecified atom stereocenters. The number of anilines is 1. The van der Waals surface area contributed by atoms with Gasteiger partial charge in [-0.3, -0.25) is 4.79 Å². The number of rotatable bonds is 5. The molecule has 4 heteroatoms. The fourth-order valence-corrected chi connectivity index (χ4v) is 4.00. The van der Waals surface area contributed by atoms with Gasteiger partial charge in [-0.15, -0.1) is 11.3 Å². The fraction of sp³-hybridized carbons (Fsp3) is 0.421. The molecule has 1 aromatic heterocycles. The summed E-state index contributed by atoms with van der Waals surface area (Å²) in [5.41, 5.74) is 2.56. The third-order valence-electron chi connectivity index (χ3n) is 4.50. The van der Waals surface area contributed by atoms with E-state index in [1.165, 1.54) is 21.0 Å². The predicted octanol–water partition coefficient (Wildman–Crippen LogP) is 3.77. The van der Waals surface area contributed by atoms with E-state index in [0.29, 0.717) is 19.1 Å². The summed E-state index contributed by atoms with van der Waals surface area (Å²) in [6.45, 7) is 5.43. The highest BCUT2D eigenvalue weighted by Gasteiger charge is 2.24. The van der Waals surface area contributed by atoms with Crippen LogP contribution in [0, 0.1) is 0 Å². The number of hydrogen-bond donors (Lipinski definition) is 1. The smallest absolute Gasteiger partial charge is 0.239 e. The quantitative estimate of drug-likeness (QED) is 0.906. The lowest BCUT2D eigenvalue weighted by Gasteiger charge is -2.36. The monoisotopic (exact) mass is 328 g/mol. The van der Waals surface area contributed by atoms with E-state index in [1.807, 2.05) is 0 Å². The average molecular weight is 328 g/mol. The number of benzene rings is 1. The molecule has 2 aromatic rings. The van der Waals surface area contributed by atoms with Crippen LogP contribution in [-0.2, 0) is 24.2 Å². The van der Waals surface area contributed by atoms with Crippen LogP contribution in [0.25, 0.3) is 0 Å². The molecule has 122 valence electrons. The number of amides is 1. The number of para-hydroxylation sites is 1. The Balaban J connectivity index is 1.61. The van der Waals surface area contributed by atoms with Gasteiger partial charge in [0.25, 0.3) is 0 Å². The zero-order valence-corrected chi connectivity index (χ0v) is 14.7. The largest absolute Gasteiger partial charge is 0.359 e. The van der Waals surface area contributed by atoms with Crippen molar-refractivity contribution < 1.29 is 4.79 Å². The van der Waals surface area contributed by atoms with Gasteiger partial charge < -0.3 is 10.2 Å². The SMILES string of the molecule is CCc1ccc(CNC(=O)CN2c3ccccc3CCC2C)s1. The molecule has 0 spiro atoms. The molecule has 0 bridgehead atoms. The Bertz CT molecular complexity index is 680. The van der Waals surface area contributed by atoms with Crippen LogP contribution in [0.3, 0.4) is 0 Å². The molecule has 0 saturated carbocycles. The Morgan fingerprint density at radius 3 is 2.83 bits per heavy atom. The number of aryl methyl sites for hydroxylation is 2. The number of thiophene rings is 1. The number of nitrogens with zero attached hydrogens (tertiary/aromatic N) is 1. The number of carbonyl (C=O) groups is 1. The van der Waals surface area contributed by atoms with E-state index < -0.39 is 0 Å². The molecule has 23 heavy (non-hydrogen) atoms. The van der Waals surface area contributed by atoms with Crippen LogP contribution in [0.2, 0.25) is 0 Å². The van der Waals surface area contributed by atoms with E-state index in [-0.39, 0.29) is 5.91 Å². The van der Waals surface area contributed by atoms with Crippen LogP contribution in [0.4, 0.5) is 5.69 Å². The highest BCUT2D eigenvalue weighted by molar-refractivity contribution is 7.11. The third-order valence-corrected chi connectivity index (χ3v) is 5.73. The van der Waals surface area contributed by atoms with Crippen LogP contribution >= 0.6 is 11.3 Å². The van der Waals surface area contributed by atoms with E-state index in [4.69, 9.17) is 0 Å². The molecule has 0 fully saturated rings. The van der Waals surface area contributed by atoms with Crippen molar-refractivity contribution in [3.8, 4) is 0 Å². The van der Waals surface area contributed by atoms with Gasteiger partial charge in [-0.1, -0.05) is 25.1 Å². The van der Waals surface area contributed by atoms with Crippen LogP contribution in [-0.4, -0.2) is 18.5 Å². The summed E-state index contributed by atoms with van der Waals surface area (Å²) >= 11 is 1.78. The summed E-state index contributed by atoms with van der Waals surface area (Å²) in [6.07, 6.45) is 3.26. The minimum absolute atomic E-state index is 0.0972. The van der Waals surface area contributed by atoms with E-state index in [1.54, 1.807) is 11.3 Å². The topological polar surface area (TPSA) is 32.3 Å². The normalized spacial score (nSPS) is 17.0. The highest BCUT2D eigenvalue weighted by Crippen LogP contribution is 2.30. The Kier molecular flexibility index (Phi) is 5.01. The molecular weight excluding hydrogens is 304 g/mol. The van der Waals surface area contributed by atoms with E-state index in [9.17, 15) is 4.79 Å². The number of carbonyl (C=O) groups excluding carboxylic acids is 1. The molecule has 3 rings (SSSR count). The van der Waals surface area contributed by atoms with Crippen molar-refractivity contribution in [2.75, 3.05) is 11.4 Å². The fourth-order valence-electron chi connectivity index (χ4n) is 3.10. The lowest BCUT2D eigenvalue weighted by molar-refractivity contribution is -0.120. The van der Waals surface area contributed by atoms with E-state index in [0.717, 1.165) is 19.3 Å². The molecule has 1 atom stereocenters. The molecule has 0 aliphatic carbocycles. The van der Waals surface area contributed by atoms with Crippen molar-refractivity contribution in [2.45, 2.75) is 45.7 Å². The maximum Gasteiger partial charge on any atom is 0.239 e. The van der Waals surface area contributed by atoms with Crippen molar-refractivity contribution in [3.63, 3.8) is 0 Å². The molecule has 1 amide bonds. The second-order valence-corrected chi connectivity index (χ2v) is 7.40. The molecule has 1 aliphatic rings. The molecule has 3 nitrogen and oxygen atoms in total. The van der Waals surface area contributed by atoms with Gasteiger partial charge in [-0.2, -0.15) is 0 Å². The van der Waals surface area contributed by atoms with Crippen LogP contribution < -0.4 is 10.2 Å². The molecule has 1 aromatic carbocycles. The Labute approximate surface area is 142 Å². The Morgan fingerprint density at radius 2 is 2.04 bits per heavy atom. The molecule has 0 radical (unpaired) electrons. The minimum atomic E-state index is 0.0972. The summed E-state index contributed by atoms with van der Waals surface area (Å²) in [7, 11) is 0. The summed E-state index contributed by atoms with van der Waals surface area (Å²) in [4.78, 5) is 17.2. The number of fused-ring (bicyclic) bond motifs is 1. The van der Waals surface area contributed by atoms with Crippen LogP contribution in [0.15, 0.2) is 36.4 Å².